The van der Waals surface area contributed by atoms with Crippen LogP contribution in [0, 0.1) is 0 Å². The van der Waals surface area contributed by atoms with Crippen molar-refractivity contribution in [1.29, 1.82) is 0 Å². The van der Waals surface area contributed by atoms with Crippen molar-refractivity contribution in [2.24, 2.45) is 0 Å². The van der Waals surface area contributed by atoms with Gasteiger partial charge in [-0.15, -0.1) is 6.58 Å². The SMILES string of the molecule is C=CCn1ccc(C(=O)O)n1. The van der Waals surface area contributed by atoms with Crippen LogP contribution in [0.3, 0.4) is 0 Å². The number of carboxylic acids is 1. The Balaban J connectivity index is 2.81. The molecule has 0 aliphatic rings. The number of allylic oxidation sites excluding steroid dienone is 1. The summed E-state index contributed by atoms with van der Waals surface area (Å²) in [5.41, 5.74) is 0.0619. The first kappa shape index (κ1) is 7.53. The van der Waals surface area contributed by atoms with E-state index in [0.29, 0.717) is 6.54 Å². The Morgan fingerprint density at radius 1 is 1.91 bits per heavy atom. The summed E-state index contributed by atoms with van der Waals surface area (Å²) in [4.78, 5) is 10.3. The number of aromatic carboxylic acids is 1. The van der Waals surface area contributed by atoms with Gasteiger partial charge in [-0.05, 0) is 6.07 Å². The lowest BCUT2D eigenvalue weighted by Crippen LogP contribution is -2.01. The van der Waals surface area contributed by atoms with Gasteiger partial charge in [0.05, 0.1) is 6.54 Å². The molecule has 1 heterocycles. The van der Waals surface area contributed by atoms with Crippen molar-refractivity contribution in [2.45, 2.75) is 6.54 Å². The van der Waals surface area contributed by atoms with Crippen molar-refractivity contribution in [3.8, 4) is 0 Å². The van der Waals surface area contributed by atoms with Crippen LogP contribution in [0.15, 0.2) is 24.9 Å². The molecule has 0 fully saturated rings. The zero-order valence-corrected chi connectivity index (χ0v) is 5.90. The molecule has 0 radical (unpaired) electrons. The van der Waals surface area contributed by atoms with Crippen LogP contribution >= 0.6 is 0 Å². The molecule has 11 heavy (non-hydrogen) atoms. The first-order valence-corrected chi connectivity index (χ1v) is 3.11. The molecule has 0 aliphatic heterocycles. The lowest BCUT2D eigenvalue weighted by Gasteiger charge is -1.91. The van der Waals surface area contributed by atoms with E-state index in [0.717, 1.165) is 0 Å². The second-order valence-corrected chi connectivity index (χ2v) is 2.02. The highest BCUT2D eigenvalue weighted by Crippen LogP contribution is 1.94. The lowest BCUT2D eigenvalue weighted by atomic mass is 10.5. The Labute approximate surface area is 63.8 Å². The number of rotatable bonds is 3. The van der Waals surface area contributed by atoms with Crippen LogP contribution in [0.5, 0.6) is 0 Å². The van der Waals surface area contributed by atoms with E-state index in [4.69, 9.17) is 5.11 Å². The average Bonchev–Trinajstić information content (AvgIpc) is 2.37. The molecule has 0 amide bonds. The fourth-order valence-electron chi connectivity index (χ4n) is 0.710. The maximum Gasteiger partial charge on any atom is 0.356 e. The van der Waals surface area contributed by atoms with Crippen molar-refractivity contribution in [3.05, 3.63) is 30.6 Å². The highest BCUT2D eigenvalue weighted by atomic mass is 16.4. The molecule has 0 bridgehead atoms. The van der Waals surface area contributed by atoms with E-state index >= 15 is 0 Å². The average molecular weight is 152 g/mol. The predicted octanol–water partition coefficient (Wildman–Crippen LogP) is 0.767. The molecular weight excluding hydrogens is 144 g/mol. The Bertz CT molecular complexity index is 278. The van der Waals surface area contributed by atoms with Crippen LogP contribution in [-0.2, 0) is 6.54 Å². The number of carboxylic acid groups (broad SMARTS) is 1. The summed E-state index contributed by atoms with van der Waals surface area (Å²) in [7, 11) is 0. The van der Waals surface area contributed by atoms with Crippen LogP contribution in [0.2, 0.25) is 0 Å². The third-order valence-electron chi connectivity index (χ3n) is 1.18. The van der Waals surface area contributed by atoms with Crippen molar-refractivity contribution < 1.29 is 9.90 Å². The Kier molecular flexibility index (Phi) is 2.06. The molecule has 0 spiro atoms. The zero-order valence-electron chi connectivity index (χ0n) is 5.90. The second-order valence-electron chi connectivity index (χ2n) is 2.02. The number of hydrogen-bond acceptors (Lipinski definition) is 2. The Hall–Kier alpha value is -1.58. The van der Waals surface area contributed by atoms with Crippen molar-refractivity contribution in [3.63, 3.8) is 0 Å². The van der Waals surface area contributed by atoms with E-state index in [1.807, 2.05) is 0 Å². The number of carbonyl (C=O) groups is 1. The van der Waals surface area contributed by atoms with Gasteiger partial charge in [-0.1, -0.05) is 6.08 Å². The third kappa shape index (κ3) is 1.67. The van der Waals surface area contributed by atoms with Crippen LogP contribution < -0.4 is 0 Å². The summed E-state index contributed by atoms with van der Waals surface area (Å²) < 4.78 is 1.51. The molecule has 0 saturated heterocycles. The standard InChI is InChI=1S/C7H8N2O2/c1-2-4-9-5-3-6(8-9)7(10)11/h2-3,5H,1,4H2,(H,10,11). The van der Waals surface area contributed by atoms with Gasteiger partial charge in [-0.2, -0.15) is 5.10 Å². The summed E-state index contributed by atoms with van der Waals surface area (Å²) in [6.45, 7) is 4.04. The minimum Gasteiger partial charge on any atom is -0.476 e. The van der Waals surface area contributed by atoms with Crippen molar-refractivity contribution in [2.75, 3.05) is 0 Å². The highest BCUT2D eigenvalue weighted by Gasteiger charge is 2.04. The maximum atomic E-state index is 10.3. The van der Waals surface area contributed by atoms with Crippen molar-refractivity contribution in [1.82, 2.24) is 9.78 Å². The summed E-state index contributed by atoms with van der Waals surface area (Å²) in [6.07, 6.45) is 3.25. The molecule has 1 aromatic rings. The van der Waals surface area contributed by atoms with E-state index in [-0.39, 0.29) is 5.69 Å². The first-order valence-electron chi connectivity index (χ1n) is 3.11. The van der Waals surface area contributed by atoms with E-state index < -0.39 is 5.97 Å². The van der Waals surface area contributed by atoms with Crippen LogP contribution in [0.4, 0.5) is 0 Å². The monoisotopic (exact) mass is 152 g/mol. The van der Waals surface area contributed by atoms with Gasteiger partial charge in [-0.3, -0.25) is 4.68 Å². The molecular formula is C7H8N2O2. The van der Waals surface area contributed by atoms with E-state index in [9.17, 15) is 4.79 Å². The number of nitrogens with zero attached hydrogens (tertiary/aromatic N) is 2. The molecule has 0 unspecified atom stereocenters. The fourth-order valence-corrected chi connectivity index (χ4v) is 0.710. The molecule has 1 N–H and O–H groups in total. The van der Waals surface area contributed by atoms with Gasteiger partial charge in [-0.25, -0.2) is 4.79 Å². The minimum atomic E-state index is -1.01. The molecule has 0 atom stereocenters. The molecule has 4 heteroatoms. The normalized spacial score (nSPS) is 9.45. The summed E-state index contributed by atoms with van der Waals surface area (Å²) in [5, 5.41) is 12.2. The predicted molar refractivity (Wildman–Crippen MR) is 39.4 cm³/mol. The van der Waals surface area contributed by atoms with Gasteiger partial charge in [0.25, 0.3) is 0 Å². The molecule has 0 saturated carbocycles. The smallest absolute Gasteiger partial charge is 0.356 e. The quantitative estimate of drug-likeness (QED) is 0.651. The topological polar surface area (TPSA) is 55.1 Å². The van der Waals surface area contributed by atoms with Crippen LogP contribution in [0.25, 0.3) is 0 Å². The summed E-state index contributed by atoms with van der Waals surface area (Å²) in [6, 6.07) is 1.45. The molecule has 4 nitrogen and oxygen atoms in total. The van der Waals surface area contributed by atoms with Gasteiger partial charge in [0.2, 0.25) is 0 Å². The minimum absolute atomic E-state index is 0.0619. The molecule has 58 valence electrons. The Morgan fingerprint density at radius 3 is 3.09 bits per heavy atom. The summed E-state index contributed by atoms with van der Waals surface area (Å²) >= 11 is 0. The van der Waals surface area contributed by atoms with E-state index in [1.165, 1.54) is 10.7 Å². The number of aromatic nitrogens is 2. The largest absolute Gasteiger partial charge is 0.476 e. The highest BCUT2D eigenvalue weighted by molar-refractivity contribution is 5.84. The Morgan fingerprint density at radius 2 is 2.64 bits per heavy atom. The molecule has 1 rings (SSSR count). The van der Waals surface area contributed by atoms with Gasteiger partial charge in [0, 0.05) is 6.20 Å². The lowest BCUT2D eigenvalue weighted by molar-refractivity contribution is 0.0689. The molecule has 0 aliphatic carbocycles. The third-order valence-corrected chi connectivity index (χ3v) is 1.18. The van der Waals surface area contributed by atoms with Gasteiger partial charge < -0.3 is 5.11 Å². The second kappa shape index (κ2) is 3.01. The maximum absolute atomic E-state index is 10.3. The fraction of sp³-hybridized carbons (Fsp3) is 0.143. The van der Waals surface area contributed by atoms with Crippen molar-refractivity contribution >= 4 is 5.97 Å². The van der Waals surface area contributed by atoms with Gasteiger partial charge >= 0.3 is 5.97 Å². The molecule has 1 aromatic heterocycles. The molecule has 0 aromatic carbocycles. The number of hydrogen-bond donors (Lipinski definition) is 1. The van der Waals surface area contributed by atoms with E-state index in [2.05, 4.69) is 11.7 Å². The van der Waals surface area contributed by atoms with E-state index in [1.54, 1.807) is 12.3 Å². The van der Waals surface area contributed by atoms with Crippen LogP contribution in [0.1, 0.15) is 10.5 Å². The summed E-state index contributed by atoms with van der Waals surface area (Å²) in [5.74, 6) is -1.01. The first-order chi connectivity index (χ1) is 5.24. The zero-order chi connectivity index (χ0) is 8.27. The van der Waals surface area contributed by atoms with Gasteiger partial charge in [0.15, 0.2) is 5.69 Å². The van der Waals surface area contributed by atoms with Crippen LogP contribution in [-0.4, -0.2) is 20.9 Å². The van der Waals surface area contributed by atoms with Gasteiger partial charge in [0.1, 0.15) is 0 Å².